The summed E-state index contributed by atoms with van der Waals surface area (Å²) in [7, 11) is 0. The lowest BCUT2D eigenvalue weighted by molar-refractivity contribution is -0.114. The highest BCUT2D eigenvalue weighted by atomic mass is 32.2. The lowest BCUT2D eigenvalue weighted by atomic mass is 9.97. The molecule has 0 N–H and O–H groups in total. The van der Waals surface area contributed by atoms with Crippen LogP contribution in [-0.2, 0) is 24.2 Å². The summed E-state index contributed by atoms with van der Waals surface area (Å²) >= 11 is 3.07. The first-order chi connectivity index (χ1) is 11.6. The van der Waals surface area contributed by atoms with Gasteiger partial charge in [-0.3, -0.25) is 14.2 Å². The Bertz CT molecular complexity index is 807. The van der Waals surface area contributed by atoms with Gasteiger partial charge in [-0.05, 0) is 44.6 Å². The van der Waals surface area contributed by atoms with Crippen molar-refractivity contribution in [2.45, 2.75) is 70.5 Å². The van der Waals surface area contributed by atoms with E-state index in [1.54, 1.807) is 18.3 Å². The number of unbranched alkanes of at least 4 members (excludes halogenated alkanes) is 2. The maximum Gasteiger partial charge on any atom is 0.263 e. The number of hydrogen-bond acceptors (Lipinski definition) is 5. The molecule has 0 radical (unpaired) electrons. The van der Waals surface area contributed by atoms with Crippen LogP contribution in [0, 0.1) is 0 Å². The highest BCUT2D eigenvalue weighted by Gasteiger charge is 2.22. The largest absolute Gasteiger partial charge is 0.299 e. The van der Waals surface area contributed by atoms with Gasteiger partial charge < -0.3 is 0 Å². The zero-order valence-electron chi connectivity index (χ0n) is 14.4. The molecule has 2 heterocycles. The van der Waals surface area contributed by atoms with Crippen molar-refractivity contribution < 1.29 is 4.79 Å². The smallest absolute Gasteiger partial charge is 0.263 e. The number of carbonyl (C=O) groups is 1. The first-order valence-corrected chi connectivity index (χ1v) is 10.6. The van der Waals surface area contributed by atoms with Crippen LogP contribution in [0.2, 0.25) is 0 Å². The van der Waals surface area contributed by atoms with E-state index in [1.165, 1.54) is 28.6 Å². The third kappa shape index (κ3) is 3.59. The van der Waals surface area contributed by atoms with E-state index in [-0.39, 0.29) is 11.3 Å². The van der Waals surface area contributed by atoms with Gasteiger partial charge in [0, 0.05) is 11.4 Å². The number of aryl methyl sites for hydroxylation is 2. The molecule has 3 rings (SSSR count). The molecule has 0 aliphatic heterocycles. The Morgan fingerprint density at radius 2 is 2.08 bits per heavy atom. The van der Waals surface area contributed by atoms with Gasteiger partial charge in [-0.1, -0.05) is 31.5 Å². The molecule has 0 amide bonds. The zero-order valence-corrected chi connectivity index (χ0v) is 16.0. The van der Waals surface area contributed by atoms with Crippen LogP contribution in [0.15, 0.2) is 9.95 Å². The molecule has 0 bridgehead atoms. The summed E-state index contributed by atoms with van der Waals surface area (Å²) in [4.78, 5) is 31.5. The van der Waals surface area contributed by atoms with Gasteiger partial charge in [-0.2, -0.15) is 0 Å². The zero-order chi connectivity index (χ0) is 17.1. The average Bonchev–Trinajstić information content (AvgIpc) is 2.93. The second-order valence-corrected chi connectivity index (χ2v) is 8.47. The molecule has 0 aromatic carbocycles. The summed E-state index contributed by atoms with van der Waals surface area (Å²) < 4.78 is 1.81. The number of fused-ring (bicyclic) bond motifs is 3. The molecule has 1 aliphatic rings. The van der Waals surface area contributed by atoms with Crippen molar-refractivity contribution in [1.29, 1.82) is 0 Å². The van der Waals surface area contributed by atoms with Crippen molar-refractivity contribution in [3.8, 4) is 0 Å². The Kier molecular flexibility index (Phi) is 5.76. The standard InChI is InChI=1S/C18H24N2O2S2/c1-3-4-7-10-20-17(22)15-13-8-5-6-9-14(13)24-16(15)19-18(20)23-11-12(2)21/h3-11H2,1-2H3. The molecule has 0 saturated carbocycles. The Hall–Kier alpha value is -1.14. The molecule has 0 unspecified atom stereocenters. The fraction of sp³-hybridized carbons (Fsp3) is 0.611. The van der Waals surface area contributed by atoms with Crippen LogP contribution in [0.5, 0.6) is 0 Å². The Morgan fingerprint density at radius 3 is 2.83 bits per heavy atom. The van der Waals surface area contributed by atoms with Gasteiger partial charge in [0.25, 0.3) is 5.56 Å². The number of carbonyl (C=O) groups excluding carboxylic acids is 1. The first-order valence-electron chi connectivity index (χ1n) is 8.79. The van der Waals surface area contributed by atoms with Crippen molar-refractivity contribution in [2.24, 2.45) is 0 Å². The van der Waals surface area contributed by atoms with Gasteiger partial charge in [0.15, 0.2) is 5.16 Å². The first kappa shape index (κ1) is 17.7. The van der Waals surface area contributed by atoms with Crippen molar-refractivity contribution in [2.75, 3.05) is 5.75 Å². The van der Waals surface area contributed by atoms with Gasteiger partial charge in [-0.15, -0.1) is 11.3 Å². The Morgan fingerprint density at radius 1 is 1.29 bits per heavy atom. The summed E-state index contributed by atoms with van der Waals surface area (Å²) in [6.45, 7) is 4.43. The van der Waals surface area contributed by atoms with Gasteiger partial charge in [-0.25, -0.2) is 4.98 Å². The molecule has 24 heavy (non-hydrogen) atoms. The van der Waals surface area contributed by atoms with E-state index in [1.807, 2.05) is 4.57 Å². The number of thiophene rings is 1. The van der Waals surface area contributed by atoms with E-state index in [9.17, 15) is 9.59 Å². The quantitative estimate of drug-likeness (QED) is 0.419. The predicted molar refractivity (Wildman–Crippen MR) is 101 cm³/mol. The fourth-order valence-corrected chi connectivity index (χ4v) is 5.34. The SMILES string of the molecule is CCCCCn1c(SCC(C)=O)nc2sc3c(c2c1=O)CCCC3. The monoisotopic (exact) mass is 364 g/mol. The van der Waals surface area contributed by atoms with E-state index < -0.39 is 0 Å². The molecule has 2 aromatic rings. The highest BCUT2D eigenvalue weighted by molar-refractivity contribution is 7.99. The maximum absolute atomic E-state index is 13.2. The van der Waals surface area contributed by atoms with Crippen LogP contribution in [0.4, 0.5) is 0 Å². The van der Waals surface area contributed by atoms with Crippen molar-refractivity contribution in [3.63, 3.8) is 0 Å². The molecule has 4 nitrogen and oxygen atoms in total. The molecular weight excluding hydrogens is 340 g/mol. The Labute approximate surface area is 150 Å². The average molecular weight is 365 g/mol. The molecule has 0 atom stereocenters. The summed E-state index contributed by atoms with van der Waals surface area (Å²) in [5.41, 5.74) is 1.34. The second kappa shape index (κ2) is 7.83. The lowest BCUT2D eigenvalue weighted by Gasteiger charge is -2.13. The van der Waals surface area contributed by atoms with E-state index in [0.29, 0.717) is 17.5 Å². The number of Topliss-reactive ketones (excluding diaryl/α,β-unsaturated/α-hetero) is 1. The molecule has 130 valence electrons. The normalized spacial score (nSPS) is 14.1. The van der Waals surface area contributed by atoms with Crippen LogP contribution in [-0.4, -0.2) is 21.1 Å². The minimum atomic E-state index is 0.0987. The number of aromatic nitrogens is 2. The summed E-state index contributed by atoms with van der Waals surface area (Å²) in [5.74, 6) is 0.483. The van der Waals surface area contributed by atoms with Crippen LogP contribution in [0.25, 0.3) is 10.2 Å². The molecule has 0 spiro atoms. The third-order valence-electron chi connectivity index (χ3n) is 4.43. The fourth-order valence-electron chi connectivity index (χ4n) is 3.21. The van der Waals surface area contributed by atoms with E-state index in [2.05, 4.69) is 6.92 Å². The molecule has 0 saturated heterocycles. The van der Waals surface area contributed by atoms with Gasteiger partial charge in [0.2, 0.25) is 0 Å². The van der Waals surface area contributed by atoms with Crippen LogP contribution >= 0.6 is 23.1 Å². The maximum atomic E-state index is 13.2. The van der Waals surface area contributed by atoms with Crippen LogP contribution in [0.3, 0.4) is 0 Å². The number of hydrogen-bond donors (Lipinski definition) is 0. The second-order valence-electron chi connectivity index (χ2n) is 6.44. The van der Waals surface area contributed by atoms with Crippen molar-refractivity contribution in [1.82, 2.24) is 9.55 Å². The molecular formula is C18H24N2O2S2. The molecule has 6 heteroatoms. The lowest BCUT2D eigenvalue weighted by Crippen LogP contribution is -2.24. The van der Waals surface area contributed by atoms with Crippen molar-refractivity contribution >= 4 is 39.1 Å². The molecule has 2 aromatic heterocycles. The highest BCUT2D eigenvalue weighted by Crippen LogP contribution is 2.34. The van der Waals surface area contributed by atoms with E-state index in [4.69, 9.17) is 4.98 Å². The Balaban J connectivity index is 2.07. The summed E-state index contributed by atoms with van der Waals surface area (Å²) in [6, 6.07) is 0. The summed E-state index contributed by atoms with van der Waals surface area (Å²) in [6.07, 6.45) is 7.63. The number of thioether (sulfide) groups is 1. The minimum absolute atomic E-state index is 0.0987. The predicted octanol–water partition coefficient (Wildman–Crippen LogP) is 4.21. The van der Waals surface area contributed by atoms with Crippen LogP contribution < -0.4 is 5.56 Å². The third-order valence-corrected chi connectivity index (χ3v) is 6.74. The number of ketones is 1. The van der Waals surface area contributed by atoms with Gasteiger partial charge >= 0.3 is 0 Å². The minimum Gasteiger partial charge on any atom is -0.299 e. The number of nitrogens with zero attached hydrogens (tertiary/aromatic N) is 2. The van der Waals surface area contributed by atoms with E-state index in [0.717, 1.165) is 48.7 Å². The topological polar surface area (TPSA) is 52.0 Å². The van der Waals surface area contributed by atoms with Crippen LogP contribution in [0.1, 0.15) is 56.4 Å². The van der Waals surface area contributed by atoms with Crippen molar-refractivity contribution in [3.05, 3.63) is 20.8 Å². The summed E-state index contributed by atoms with van der Waals surface area (Å²) in [5, 5.41) is 1.55. The van der Waals surface area contributed by atoms with Gasteiger partial charge in [0.05, 0.1) is 11.1 Å². The number of rotatable bonds is 7. The molecule has 0 fully saturated rings. The molecule has 1 aliphatic carbocycles. The van der Waals surface area contributed by atoms with E-state index >= 15 is 0 Å². The van der Waals surface area contributed by atoms with Gasteiger partial charge in [0.1, 0.15) is 10.6 Å².